The lowest BCUT2D eigenvalue weighted by molar-refractivity contribution is 0.102. The van der Waals surface area contributed by atoms with Crippen molar-refractivity contribution in [2.45, 2.75) is 44.6 Å². The fourth-order valence-corrected chi connectivity index (χ4v) is 5.36. The number of carbonyl (C=O) groups excluding carboxylic acids is 1. The topological polar surface area (TPSA) is 87.3 Å². The zero-order chi connectivity index (χ0) is 21.9. The maximum Gasteiger partial charge on any atom is 0.256 e. The number of rotatable bonds is 6. The van der Waals surface area contributed by atoms with E-state index < -0.39 is 21.7 Å². The predicted molar refractivity (Wildman–Crippen MR) is 123 cm³/mol. The van der Waals surface area contributed by atoms with Crippen molar-refractivity contribution in [2.75, 3.05) is 18.4 Å². The lowest BCUT2D eigenvalue weighted by Gasteiger charge is -2.28. The molecule has 1 aliphatic heterocycles. The maximum absolute atomic E-state index is 14.7. The summed E-state index contributed by atoms with van der Waals surface area (Å²) in [5.41, 5.74) is 1.51. The van der Waals surface area contributed by atoms with E-state index in [4.69, 9.17) is 0 Å². The van der Waals surface area contributed by atoms with Gasteiger partial charge < -0.3 is 10.6 Å². The first-order chi connectivity index (χ1) is 14.2. The Labute approximate surface area is 189 Å². The monoisotopic (exact) mass is 469 g/mol. The molecule has 0 spiro atoms. The zero-order valence-corrected chi connectivity index (χ0v) is 19.5. The summed E-state index contributed by atoms with van der Waals surface area (Å²) in [5.74, 6) is -1.00. The average Bonchev–Trinajstić information content (AvgIpc) is 2.71. The summed E-state index contributed by atoms with van der Waals surface area (Å²) in [7, 11) is -3.89. The van der Waals surface area contributed by atoms with E-state index in [1.54, 1.807) is 32.0 Å². The maximum atomic E-state index is 14.7. The highest BCUT2D eigenvalue weighted by molar-refractivity contribution is 7.89. The molecule has 1 fully saturated rings. The van der Waals surface area contributed by atoms with Gasteiger partial charge in [-0.05, 0) is 81.9 Å². The highest BCUT2D eigenvalue weighted by atomic mass is 35.5. The molecule has 0 unspecified atom stereocenters. The summed E-state index contributed by atoms with van der Waals surface area (Å²) in [5, 5.41) is 5.80. The Hall–Kier alpha value is -2.00. The van der Waals surface area contributed by atoms with Gasteiger partial charge in [-0.1, -0.05) is 18.2 Å². The molecule has 1 heterocycles. The summed E-state index contributed by atoms with van der Waals surface area (Å²) in [4.78, 5) is 12.4. The molecule has 0 radical (unpaired) electrons. The first kappa shape index (κ1) is 25.3. The summed E-state index contributed by atoms with van der Waals surface area (Å²) in [6, 6.07) is 9.07. The Morgan fingerprint density at radius 1 is 1.13 bits per heavy atom. The molecule has 3 N–H and O–H groups in total. The average molecular weight is 470 g/mol. The minimum absolute atomic E-state index is 0. The highest BCUT2D eigenvalue weighted by Gasteiger charge is 2.27. The van der Waals surface area contributed by atoms with Crippen molar-refractivity contribution in [1.29, 1.82) is 0 Å². The van der Waals surface area contributed by atoms with Crippen LogP contribution in [0.4, 0.5) is 10.1 Å². The predicted octanol–water partition coefficient (Wildman–Crippen LogP) is 3.78. The number of carbonyl (C=O) groups is 1. The van der Waals surface area contributed by atoms with Crippen LogP contribution in [-0.2, 0) is 10.0 Å². The van der Waals surface area contributed by atoms with Crippen LogP contribution in [0, 0.1) is 25.6 Å². The molecule has 170 valence electrons. The van der Waals surface area contributed by atoms with Crippen LogP contribution < -0.4 is 15.4 Å². The van der Waals surface area contributed by atoms with Gasteiger partial charge in [0.15, 0.2) is 0 Å². The van der Waals surface area contributed by atoms with Gasteiger partial charge in [0.1, 0.15) is 5.82 Å². The standard InChI is InChI=1S/C22H28FN3O3S.ClH/c1-14-6-4-5-7-18(14)22(27)25-20-12-15(2)21(13-19(20)23)30(28,29)26-16(3)17-8-10-24-11-9-17;/h4-7,12-13,16-17,24,26H,8-11H2,1-3H3,(H,25,27);1H/t16-;/m1./s1. The van der Waals surface area contributed by atoms with Crippen LogP contribution in [-0.4, -0.2) is 33.5 Å². The van der Waals surface area contributed by atoms with Crippen LogP contribution in [0.1, 0.15) is 41.3 Å². The molecule has 1 aliphatic rings. The molecule has 31 heavy (non-hydrogen) atoms. The smallest absolute Gasteiger partial charge is 0.256 e. The molecule has 0 saturated carbocycles. The molecule has 2 aromatic rings. The molecule has 9 heteroatoms. The van der Waals surface area contributed by atoms with Gasteiger partial charge in [0.05, 0.1) is 10.6 Å². The summed E-state index contributed by atoms with van der Waals surface area (Å²) in [6.45, 7) is 6.95. The Kier molecular flexibility index (Phi) is 8.59. The van der Waals surface area contributed by atoms with Crippen LogP contribution in [0.15, 0.2) is 41.3 Å². The molecular weight excluding hydrogens is 441 g/mol. The Morgan fingerprint density at radius 2 is 1.77 bits per heavy atom. The highest BCUT2D eigenvalue weighted by Crippen LogP contribution is 2.26. The number of nitrogens with one attached hydrogen (secondary N) is 3. The van der Waals surface area contributed by atoms with Gasteiger partial charge in [0, 0.05) is 11.6 Å². The first-order valence-electron chi connectivity index (χ1n) is 10.1. The third kappa shape index (κ3) is 6.04. The fourth-order valence-electron chi connectivity index (χ4n) is 3.81. The second-order valence-corrected chi connectivity index (χ2v) is 9.55. The zero-order valence-electron chi connectivity index (χ0n) is 17.9. The van der Waals surface area contributed by atoms with Crippen LogP contribution >= 0.6 is 12.4 Å². The number of hydrogen-bond donors (Lipinski definition) is 3. The number of amides is 1. The summed E-state index contributed by atoms with van der Waals surface area (Å²) >= 11 is 0. The fraction of sp³-hybridized carbons (Fsp3) is 0.409. The SMILES string of the molecule is Cc1ccccc1C(=O)Nc1cc(C)c(S(=O)(=O)N[C@H](C)C2CCNCC2)cc1F.Cl. The van der Waals surface area contributed by atoms with Gasteiger partial charge >= 0.3 is 0 Å². The van der Waals surface area contributed by atoms with E-state index in [0.717, 1.165) is 37.6 Å². The molecule has 6 nitrogen and oxygen atoms in total. The van der Waals surface area contributed by atoms with E-state index in [9.17, 15) is 17.6 Å². The number of aryl methyl sites for hydroxylation is 2. The largest absolute Gasteiger partial charge is 0.319 e. The minimum Gasteiger partial charge on any atom is -0.319 e. The number of sulfonamides is 1. The molecular formula is C22H29ClFN3O3S. The first-order valence-corrected chi connectivity index (χ1v) is 11.6. The Balaban J connectivity index is 0.00000341. The van der Waals surface area contributed by atoms with Crippen LogP contribution in [0.25, 0.3) is 0 Å². The molecule has 0 bridgehead atoms. The second-order valence-electron chi connectivity index (χ2n) is 7.86. The third-order valence-electron chi connectivity index (χ3n) is 5.62. The molecule has 3 rings (SSSR count). The van der Waals surface area contributed by atoms with Crippen molar-refractivity contribution in [3.8, 4) is 0 Å². The van der Waals surface area contributed by atoms with Gasteiger partial charge in [-0.15, -0.1) is 12.4 Å². The Bertz CT molecular complexity index is 1040. The van der Waals surface area contributed by atoms with Gasteiger partial charge in [0.25, 0.3) is 5.91 Å². The quantitative estimate of drug-likeness (QED) is 0.600. The van der Waals surface area contributed by atoms with Crippen LogP contribution in [0.3, 0.4) is 0 Å². The van der Waals surface area contributed by atoms with E-state index in [1.165, 1.54) is 6.07 Å². The molecule has 1 amide bonds. The van der Waals surface area contributed by atoms with Crippen molar-refractivity contribution in [2.24, 2.45) is 5.92 Å². The van der Waals surface area contributed by atoms with Crippen LogP contribution in [0.2, 0.25) is 0 Å². The van der Waals surface area contributed by atoms with Gasteiger partial charge in [-0.2, -0.15) is 0 Å². The normalized spacial score (nSPS) is 15.7. The molecule has 1 saturated heterocycles. The third-order valence-corrected chi connectivity index (χ3v) is 7.32. The minimum atomic E-state index is -3.89. The van der Waals surface area contributed by atoms with Gasteiger partial charge in [-0.25, -0.2) is 17.5 Å². The lowest BCUT2D eigenvalue weighted by Crippen LogP contribution is -2.42. The summed E-state index contributed by atoms with van der Waals surface area (Å²) in [6.07, 6.45) is 1.78. The van der Waals surface area contributed by atoms with Crippen LogP contribution in [0.5, 0.6) is 0 Å². The molecule has 2 aromatic carbocycles. The van der Waals surface area contributed by atoms with Gasteiger partial charge in [-0.3, -0.25) is 4.79 Å². The van der Waals surface area contributed by atoms with Crippen molar-refractivity contribution < 1.29 is 17.6 Å². The van der Waals surface area contributed by atoms with Crippen molar-refractivity contribution >= 4 is 34.0 Å². The van der Waals surface area contributed by atoms with E-state index >= 15 is 0 Å². The number of hydrogen-bond acceptors (Lipinski definition) is 4. The second kappa shape index (κ2) is 10.5. The lowest BCUT2D eigenvalue weighted by atomic mass is 9.92. The molecule has 0 aliphatic carbocycles. The number of anilines is 1. The van der Waals surface area contributed by atoms with E-state index in [2.05, 4.69) is 15.4 Å². The Morgan fingerprint density at radius 3 is 2.42 bits per heavy atom. The summed E-state index contributed by atoms with van der Waals surface area (Å²) < 4.78 is 43.2. The van der Waals surface area contributed by atoms with E-state index in [1.807, 2.05) is 13.0 Å². The van der Waals surface area contributed by atoms with Crippen molar-refractivity contribution in [3.05, 3.63) is 58.9 Å². The molecule has 0 aromatic heterocycles. The number of halogens is 2. The number of benzene rings is 2. The van der Waals surface area contributed by atoms with E-state index in [0.29, 0.717) is 11.1 Å². The number of piperidine rings is 1. The van der Waals surface area contributed by atoms with Crippen molar-refractivity contribution in [3.63, 3.8) is 0 Å². The van der Waals surface area contributed by atoms with E-state index in [-0.39, 0.29) is 34.9 Å². The molecule has 1 atom stereocenters. The van der Waals surface area contributed by atoms with Crippen molar-refractivity contribution in [1.82, 2.24) is 10.0 Å². The van der Waals surface area contributed by atoms with Gasteiger partial charge in [0.2, 0.25) is 10.0 Å².